The van der Waals surface area contributed by atoms with Crippen LogP contribution in [0.15, 0.2) is 54.9 Å². The van der Waals surface area contributed by atoms with Crippen LogP contribution in [0.5, 0.6) is 5.75 Å². The Bertz CT molecular complexity index is 1460. The summed E-state index contributed by atoms with van der Waals surface area (Å²) >= 11 is 7.44. The molecule has 0 spiro atoms. The summed E-state index contributed by atoms with van der Waals surface area (Å²) in [5, 5.41) is 3.24. The van der Waals surface area contributed by atoms with Crippen LogP contribution in [-0.2, 0) is 6.54 Å². The number of ether oxygens (including phenoxy) is 1. The molecule has 10 heteroatoms. The molecule has 0 bridgehead atoms. The fourth-order valence-electron chi connectivity index (χ4n) is 5.22. The summed E-state index contributed by atoms with van der Waals surface area (Å²) in [7, 11) is 3.55. The number of thiophene rings is 1. The van der Waals surface area contributed by atoms with Crippen LogP contribution < -0.4 is 10.1 Å². The maximum absolute atomic E-state index is 14.6. The van der Waals surface area contributed by atoms with Gasteiger partial charge in [0.25, 0.3) is 5.91 Å². The average Bonchev–Trinajstić information content (AvgIpc) is 3.32. The minimum absolute atomic E-state index is 0. The Morgan fingerprint density at radius 3 is 2.41 bits per heavy atom. The van der Waals surface area contributed by atoms with E-state index in [-0.39, 0.29) is 50.9 Å². The van der Waals surface area contributed by atoms with Crippen molar-refractivity contribution in [3.8, 4) is 16.9 Å². The van der Waals surface area contributed by atoms with Gasteiger partial charge in [-0.1, -0.05) is 17.7 Å². The number of nitrogens with zero attached hydrogens (tertiary/aromatic N) is 2. The summed E-state index contributed by atoms with van der Waals surface area (Å²) in [6.07, 6.45) is 6.91. The molecular weight excluding hydrogens is 563 g/mol. The summed E-state index contributed by atoms with van der Waals surface area (Å²) < 4.78 is 34.9. The second kappa shape index (κ2) is 12.6. The molecule has 39 heavy (non-hydrogen) atoms. The number of hydrogen-bond donors (Lipinski definition) is 1. The van der Waals surface area contributed by atoms with Crippen molar-refractivity contribution in [3.05, 3.63) is 82.0 Å². The van der Waals surface area contributed by atoms with Gasteiger partial charge in [-0.25, -0.2) is 8.78 Å². The number of nitrogens with one attached hydrogen (secondary N) is 1. The molecule has 2 heterocycles. The molecule has 0 unspecified atom stereocenters. The first kappa shape index (κ1) is 29.2. The molecule has 1 N–H and O–H groups in total. The normalized spacial score (nSPS) is 17.1. The third-order valence-electron chi connectivity index (χ3n) is 7.32. The average molecular weight is 593 g/mol. The van der Waals surface area contributed by atoms with Gasteiger partial charge in [0.2, 0.25) is 0 Å². The number of carbonyl (C=O) groups is 1. The van der Waals surface area contributed by atoms with Crippen LogP contribution in [0.1, 0.15) is 40.9 Å². The lowest BCUT2D eigenvalue weighted by Crippen LogP contribution is -2.44. The van der Waals surface area contributed by atoms with Gasteiger partial charge in [-0.05, 0) is 80.3 Å². The molecule has 1 saturated carbocycles. The topological polar surface area (TPSA) is 54.5 Å². The van der Waals surface area contributed by atoms with Gasteiger partial charge in [-0.15, -0.1) is 23.7 Å². The van der Waals surface area contributed by atoms with Crippen molar-refractivity contribution in [2.75, 3.05) is 14.2 Å². The number of methoxy groups -OCH3 is 1. The van der Waals surface area contributed by atoms with Crippen molar-refractivity contribution in [2.45, 2.75) is 44.3 Å². The van der Waals surface area contributed by atoms with Gasteiger partial charge >= 0.3 is 0 Å². The first-order valence-corrected chi connectivity index (χ1v) is 13.7. The Labute approximate surface area is 241 Å². The van der Waals surface area contributed by atoms with E-state index in [1.165, 1.54) is 0 Å². The van der Waals surface area contributed by atoms with Crippen molar-refractivity contribution in [3.63, 3.8) is 0 Å². The maximum atomic E-state index is 14.6. The van der Waals surface area contributed by atoms with Crippen LogP contribution in [0, 0.1) is 11.6 Å². The molecule has 4 aromatic rings. The molecule has 1 amide bonds. The zero-order chi connectivity index (χ0) is 26.8. The summed E-state index contributed by atoms with van der Waals surface area (Å²) in [5.74, 6) is -0.919. The lowest BCUT2D eigenvalue weighted by Gasteiger charge is -2.37. The van der Waals surface area contributed by atoms with Crippen LogP contribution >= 0.6 is 35.3 Å². The van der Waals surface area contributed by atoms with E-state index in [1.54, 1.807) is 24.4 Å². The number of halogens is 4. The third-order valence-corrected chi connectivity index (χ3v) is 8.99. The zero-order valence-electron chi connectivity index (χ0n) is 21.5. The van der Waals surface area contributed by atoms with Crippen LogP contribution in [-0.4, -0.2) is 42.0 Å². The molecule has 1 aliphatic rings. The number of amides is 1. The highest BCUT2D eigenvalue weighted by molar-refractivity contribution is 7.21. The number of rotatable bonds is 7. The lowest BCUT2D eigenvalue weighted by molar-refractivity contribution is 0.0604. The monoisotopic (exact) mass is 591 g/mol. The molecule has 5 nitrogen and oxygen atoms in total. The van der Waals surface area contributed by atoms with Crippen molar-refractivity contribution in [1.29, 1.82) is 0 Å². The van der Waals surface area contributed by atoms with Crippen LogP contribution in [0.3, 0.4) is 0 Å². The first-order chi connectivity index (χ1) is 18.4. The number of benzene rings is 2. The van der Waals surface area contributed by atoms with E-state index in [0.717, 1.165) is 65.8 Å². The van der Waals surface area contributed by atoms with Crippen LogP contribution in [0.4, 0.5) is 8.78 Å². The summed E-state index contributed by atoms with van der Waals surface area (Å²) in [6.45, 7) is 0.269. The maximum Gasteiger partial charge on any atom is 0.266 e. The molecule has 0 atom stereocenters. The number of fused-ring (bicyclic) bond motifs is 1. The Balaban J connectivity index is 0.00000353. The quantitative estimate of drug-likeness (QED) is 0.242. The largest absolute Gasteiger partial charge is 0.496 e. The van der Waals surface area contributed by atoms with Gasteiger partial charge < -0.3 is 15.0 Å². The Hall–Kier alpha value is -2.78. The van der Waals surface area contributed by atoms with E-state index in [2.05, 4.69) is 10.3 Å². The van der Waals surface area contributed by atoms with Gasteiger partial charge in [0, 0.05) is 36.6 Å². The standard InChI is InChI=1S/C29H28ClF2N3O2S.ClH/c1-33-20-4-6-21(7-5-20)35(29(36)28-26(30)25-22(31)8-9-23(32)27(25)38-28)16-19-15-18(3-10-24(19)37-2)17-11-13-34-14-12-17;/h3,8-15,20-21,33H,4-7,16H2,1-2H3;1H. The van der Waals surface area contributed by atoms with E-state index in [1.807, 2.05) is 37.4 Å². The molecular formula is C29H29Cl2F2N3O2S. The lowest BCUT2D eigenvalue weighted by atomic mass is 9.89. The fourth-order valence-corrected chi connectivity index (χ4v) is 6.72. The predicted molar refractivity (Wildman–Crippen MR) is 155 cm³/mol. The van der Waals surface area contributed by atoms with E-state index in [9.17, 15) is 13.6 Å². The van der Waals surface area contributed by atoms with Crippen molar-refractivity contribution in [2.24, 2.45) is 0 Å². The SMILES string of the molecule is CNC1CCC(N(Cc2cc(-c3ccncc3)ccc2OC)C(=O)c2sc3c(F)ccc(F)c3c2Cl)CC1.Cl. The van der Waals surface area contributed by atoms with Gasteiger partial charge in [-0.2, -0.15) is 0 Å². The second-order valence-electron chi connectivity index (χ2n) is 9.47. The van der Waals surface area contributed by atoms with E-state index >= 15 is 0 Å². The van der Waals surface area contributed by atoms with E-state index < -0.39 is 11.6 Å². The molecule has 0 radical (unpaired) electrons. The Kier molecular flexibility index (Phi) is 9.43. The summed E-state index contributed by atoms with van der Waals surface area (Å²) in [6, 6.07) is 12.2. The molecule has 206 valence electrons. The van der Waals surface area contributed by atoms with Crippen molar-refractivity contribution >= 4 is 51.3 Å². The van der Waals surface area contributed by atoms with E-state index in [0.29, 0.717) is 11.8 Å². The number of hydrogen-bond acceptors (Lipinski definition) is 5. The van der Waals surface area contributed by atoms with Gasteiger partial charge in [0.1, 0.15) is 22.3 Å². The number of pyridine rings is 1. The Morgan fingerprint density at radius 1 is 1.08 bits per heavy atom. The highest BCUT2D eigenvalue weighted by Crippen LogP contribution is 2.40. The fraction of sp³-hybridized carbons (Fsp3) is 0.310. The highest BCUT2D eigenvalue weighted by Gasteiger charge is 2.33. The van der Waals surface area contributed by atoms with Crippen LogP contribution in [0.25, 0.3) is 21.2 Å². The molecule has 2 aromatic heterocycles. The van der Waals surface area contributed by atoms with Crippen molar-refractivity contribution in [1.82, 2.24) is 15.2 Å². The molecule has 0 saturated heterocycles. The Morgan fingerprint density at radius 2 is 1.77 bits per heavy atom. The molecule has 2 aromatic carbocycles. The van der Waals surface area contributed by atoms with E-state index in [4.69, 9.17) is 16.3 Å². The van der Waals surface area contributed by atoms with Crippen molar-refractivity contribution < 1.29 is 18.3 Å². The molecule has 1 aliphatic carbocycles. The van der Waals surface area contributed by atoms with Gasteiger partial charge in [0.15, 0.2) is 0 Å². The number of carbonyl (C=O) groups excluding carboxylic acids is 1. The number of aromatic nitrogens is 1. The van der Waals surface area contributed by atoms with Crippen LogP contribution in [0.2, 0.25) is 5.02 Å². The second-order valence-corrected chi connectivity index (χ2v) is 10.9. The van der Waals surface area contributed by atoms with Gasteiger partial charge in [-0.3, -0.25) is 9.78 Å². The van der Waals surface area contributed by atoms with Gasteiger partial charge in [0.05, 0.1) is 22.2 Å². The minimum Gasteiger partial charge on any atom is -0.496 e. The molecule has 1 fully saturated rings. The molecule has 5 rings (SSSR count). The summed E-state index contributed by atoms with van der Waals surface area (Å²) in [4.78, 5) is 20.1. The minimum atomic E-state index is -0.644. The highest BCUT2D eigenvalue weighted by atomic mass is 35.5. The zero-order valence-corrected chi connectivity index (χ0v) is 23.9. The predicted octanol–water partition coefficient (Wildman–Crippen LogP) is 7.50. The third kappa shape index (κ3) is 5.89. The molecule has 0 aliphatic heterocycles. The summed E-state index contributed by atoms with van der Waals surface area (Å²) in [5.41, 5.74) is 2.80. The first-order valence-electron chi connectivity index (χ1n) is 12.5. The smallest absolute Gasteiger partial charge is 0.266 e.